The van der Waals surface area contributed by atoms with E-state index in [9.17, 15) is 14.2 Å². The van der Waals surface area contributed by atoms with Crippen LogP contribution in [0.2, 0.25) is 0 Å². The minimum atomic E-state index is -4.05. The van der Waals surface area contributed by atoms with Crippen LogP contribution >= 0.6 is 7.60 Å². The lowest BCUT2D eigenvalue weighted by Crippen LogP contribution is -2.29. The van der Waals surface area contributed by atoms with Crippen LogP contribution in [-0.4, -0.2) is 70.9 Å². The van der Waals surface area contributed by atoms with Gasteiger partial charge in [0.2, 0.25) is 13.6 Å². The molecule has 1 rings (SSSR count). The van der Waals surface area contributed by atoms with Crippen molar-refractivity contribution in [1.29, 1.82) is 0 Å². The van der Waals surface area contributed by atoms with E-state index in [2.05, 4.69) is 11.7 Å². The Balaban J connectivity index is 2.75. The van der Waals surface area contributed by atoms with Crippen LogP contribution < -0.4 is 10.6 Å². The Labute approximate surface area is 211 Å². The molecule has 0 amide bonds. The number of ether oxygens (including phenoxy) is 5. The number of benzene rings is 1. The number of carbonyl (C=O) groups excluding carboxylic acids is 2. The molecule has 0 spiro atoms. The van der Waals surface area contributed by atoms with E-state index in [1.807, 2.05) is 11.0 Å². The smallest absolute Gasteiger partial charge is 0.432 e. The van der Waals surface area contributed by atoms with Gasteiger partial charge in [-0.1, -0.05) is 6.07 Å². The lowest BCUT2D eigenvalue weighted by atomic mass is 10.2. The Bertz CT molecular complexity index is 880. The van der Waals surface area contributed by atoms with Crippen molar-refractivity contribution in [2.45, 2.75) is 52.9 Å². The molecule has 0 aromatic heterocycles. The zero-order chi connectivity index (χ0) is 27.3. The zero-order valence-electron chi connectivity index (χ0n) is 21.5. The van der Waals surface area contributed by atoms with Gasteiger partial charge in [0.1, 0.15) is 12.0 Å². The molecule has 36 heavy (non-hydrogen) atoms. The van der Waals surface area contributed by atoms with E-state index in [0.29, 0.717) is 17.9 Å². The molecular weight excluding hydrogens is 497 g/mol. The summed E-state index contributed by atoms with van der Waals surface area (Å²) in [6.07, 6.45) is -3.88. The summed E-state index contributed by atoms with van der Waals surface area (Å²) >= 11 is 0. The number of nitrogen functional groups attached to an aromatic ring is 1. The maximum absolute atomic E-state index is 13.1. The van der Waals surface area contributed by atoms with E-state index in [1.165, 1.54) is 0 Å². The number of anilines is 2. The summed E-state index contributed by atoms with van der Waals surface area (Å²) in [5.74, 6) is 0. The van der Waals surface area contributed by atoms with Crippen molar-refractivity contribution in [2.75, 3.05) is 44.2 Å². The molecular formula is C22H36N3O10P. The predicted octanol–water partition coefficient (Wildman–Crippen LogP) is 4.66. The lowest BCUT2D eigenvalue weighted by Gasteiger charge is -2.26. The first-order valence-corrected chi connectivity index (χ1v) is 12.8. The second-order valence-electron chi connectivity index (χ2n) is 8.09. The van der Waals surface area contributed by atoms with E-state index < -0.39 is 58.2 Å². The first-order chi connectivity index (χ1) is 16.9. The van der Waals surface area contributed by atoms with Crippen LogP contribution in [0.25, 0.3) is 0 Å². The van der Waals surface area contributed by atoms with Gasteiger partial charge >= 0.3 is 19.9 Å². The number of hydrogen-bond acceptors (Lipinski definition) is 13. The van der Waals surface area contributed by atoms with Gasteiger partial charge in [-0.25, -0.2) is 9.59 Å². The number of para-hydroxylation sites is 1. The van der Waals surface area contributed by atoms with E-state index >= 15 is 0 Å². The molecule has 0 fully saturated rings. The maximum Gasteiger partial charge on any atom is 0.510 e. The molecule has 0 heterocycles. The molecule has 1 aromatic carbocycles. The van der Waals surface area contributed by atoms with Crippen molar-refractivity contribution in [3.05, 3.63) is 18.2 Å². The van der Waals surface area contributed by atoms with Crippen molar-refractivity contribution in [3.63, 3.8) is 0 Å². The number of nitrogens with zero attached hydrogens (tertiary/aromatic N) is 2. The van der Waals surface area contributed by atoms with Crippen LogP contribution in [0.5, 0.6) is 0 Å². The van der Waals surface area contributed by atoms with Gasteiger partial charge in [0.05, 0.1) is 29.7 Å². The molecule has 0 saturated heterocycles. The highest BCUT2D eigenvalue weighted by molar-refractivity contribution is 7.53. The molecule has 0 aliphatic heterocycles. The van der Waals surface area contributed by atoms with Crippen molar-refractivity contribution < 1.29 is 46.9 Å². The highest BCUT2D eigenvalue weighted by Crippen LogP contribution is 2.48. The third-order valence-electron chi connectivity index (χ3n) is 4.18. The Hall–Kier alpha value is -2.86. The summed E-state index contributed by atoms with van der Waals surface area (Å²) in [5.41, 5.74) is 7.68. The summed E-state index contributed by atoms with van der Waals surface area (Å²) in [6.45, 7) is 10.7. The van der Waals surface area contributed by atoms with Crippen LogP contribution in [0, 0.1) is 0 Å². The zero-order valence-corrected chi connectivity index (χ0v) is 22.4. The van der Waals surface area contributed by atoms with Gasteiger partial charge in [0, 0.05) is 13.6 Å². The normalized spacial score (nSPS) is 12.2. The van der Waals surface area contributed by atoms with Gasteiger partial charge in [-0.2, -0.15) is 0 Å². The standard InChI is InChI=1S/C22H36N3O10P/c1-15(2)34-21(26)29-12-32-36(28,33-13-30-22(27)35-16(3)4)14-31-17(5)11-25(7)19-10-8-9-18(23)20(19)24-6/h8-10,15-17H,6,11-14,23H2,1-5,7H3/t17-/m1/s1. The number of aliphatic imine (C=N–C) groups is 1. The highest BCUT2D eigenvalue weighted by atomic mass is 31.2. The summed E-state index contributed by atoms with van der Waals surface area (Å²) in [5, 5.41) is 0. The average molecular weight is 534 g/mol. The summed E-state index contributed by atoms with van der Waals surface area (Å²) in [6, 6.07) is 5.32. The Morgan fingerprint density at radius 3 is 2.03 bits per heavy atom. The highest BCUT2D eigenvalue weighted by Gasteiger charge is 2.29. The van der Waals surface area contributed by atoms with E-state index in [1.54, 1.807) is 53.8 Å². The predicted molar refractivity (Wildman–Crippen MR) is 134 cm³/mol. The SMILES string of the molecule is C=Nc1c(N)cccc1N(C)C[C@@H](C)OCP(=O)(OCOC(=O)OC(C)C)OCOC(=O)OC(C)C. The molecule has 0 bridgehead atoms. The van der Waals surface area contributed by atoms with Crippen LogP contribution in [0.3, 0.4) is 0 Å². The van der Waals surface area contributed by atoms with E-state index in [4.69, 9.17) is 38.5 Å². The molecule has 0 saturated carbocycles. The van der Waals surface area contributed by atoms with Gasteiger partial charge in [0.25, 0.3) is 0 Å². The molecule has 0 radical (unpaired) electrons. The van der Waals surface area contributed by atoms with E-state index in [0.717, 1.165) is 5.69 Å². The van der Waals surface area contributed by atoms with Gasteiger partial charge in [-0.05, 0) is 53.5 Å². The summed E-state index contributed by atoms with van der Waals surface area (Å²) < 4.78 is 48.2. The first kappa shape index (κ1) is 31.2. The van der Waals surface area contributed by atoms with Crippen LogP contribution in [0.15, 0.2) is 23.2 Å². The molecule has 0 aliphatic carbocycles. The van der Waals surface area contributed by atoms with Gasteiger partial charge in [0.15, 0.2) is 0 Å². The third-order valence-corrected chi connectivity index (χ3v) is 5.64. The Morgan fingerprint density at radius 2 is 1.56 bits per heavy atom. The van der Waals surface area contributed by atoms with Gasteiger partial charge in [-0.15, -0.1) is 0 Å². The molecule has 13 nitrogen and oxygen atoms in total. The van der Waals surface area contributed by atoms with Gasteiger partial charge < -0.3 is 34.3 Å². The van der Waals surface area contributed by atoms with Crippen LogP contribution in [0.4, 0.5) is 26.7 Å². The molecule has 1 atom stereocenters. The van der Waals surface area contributed by atoms with Crippen molar-refractivity contribution in [3.8, 4) is 0 Å². The maximum atomic E-state index is 13.1. The molecule has 14 heteroatoms. The third kappa shape index (κ3) is 11.7. The summed E-state index contributed by atoms with van der Waals surface area (Å²) in [4.78, 5) is 28.9. The molecule has 0 aliphatic rings. The second kappa shape index (κ2) is 15.3. The van der Waals surface area contributed by atoms with Crippen molar-refractivity contribution >= 4 is 43.7 Å². The number of hydrogen-bond donors (Lipinski definition) is 1. The van der Waals surface area contributed by atoms with Crippen molar-refractivity contribution in [1.82, 2.24) is 0 Å². The molecule has 204 valence electrons. The number of nitrogens with two attached hydrogens (primary N) is 1. The van der Waals surface area contributed by atoms with Crippen LogP contribution in [-0.2, 0) is 37.3 Å². The Morgan fingerprint density at radius 1 is 1.03 bits per heavy atom. The largest absolute Gasteiger partial charge is 0.510 e. The molecule has 1 aromatic rings. The second-order valence-corrected chi connectivity index (χ2v) is 10.1. The first-order valence-electron chi connectivity index (χ1n) is 11.1. The fraction of sp³-hybridized carbons (Fsp3) is 0.591. The van der Waals surface area contributed by atoms with Crippen molar-refractivity contribution in [2.24, 2.45) is 4.99 Å². The average Bonchev–Trinajstić information content (AvgIpc) is 2.76. The Kier molecular flexibility index (Phi) is 13.2. The summed E-state index contributed by atoms with van der Waals surface area (Å²) in [7, 11) is -2.24. The number of likely N-dealkylation sites (N-methyl/N-ethyl adjacent to an activating group) is 1. The quantitative estimate of drug-likeness (QED) is 0.109. The molecule has 2 N–H and O–H groups in total. The van der Waals surface area contributed by atoms with Gasteiger partial charge in [-0.3, -0.25) is 18.6 Å². The van der Waals surface area contributed by atoms with E-state index in [-0.39, 0.29) is 0 Å². The fourth-order valence-electron chi connectivity index (χ4n) is 2.66. The molecule has 0 unspecified atom stereocenters. The minimum absolute atomic E-state index is 0.348. The fourth-order valence-corrected chi connectivity index (χ4v) is 3.75. The topological polar surface area (TPSA) is 157 Å². The minimum Gasteiger partial charge on any atom is -0.432 e. The number of carbonyl (C=O) groups is 2. The monoisotopic (exact) mass is 533 g/mol. The number of rotatable bonds is 15. The van der Waals surface area contributed by atoms with Crippen LogP contribution in [0.1, 0.15) is 34.6 Å². The lowest BCUT2D eigenvalue weighted by molar-refractivity contribution is -0.0362.